The Labute approximate surface area is 111 Å². The van der Waals surface area contributed by atoms with Crippen LogP contribution in [0.5, 0.6) is 0 Å². The van der Waals surface area contributed by atoms with Gasteiger partial charge < -0.3 is 5.32 Å². The highest BCUT2D eigenvalue weighted by molar-refractivity contribution is 7.15. The number of rotatable bonds is 4. The molecule has 0 spiro atoms. The van der Waals surface area contributed by atoms with Gasteiger partial charge in [0.15, 0.2) is 0 Å². The van der Waals surface area contributed by atoms with E-state index in [4.69, 9.17) is 0 Å². The highest BCUT2D eigenvalue weighted by atomic mass is 32.1. The van der Waals surface area contributed by atoms with E-state index in [2.05, 4.69) is 10.3 Å². The Bertz CT molecular complexity index is 520. The first-order chi connectivity index (χ1) is 8.65. The molecule has 1 amide bonds. The lowest BCUT2D eigenvalue weighted by Gasteiger charge is -2.06. The largest absolute Gasteiger partial charge is 0.354 e. The fourth-order valence-corrected chi connectivity index (χ4v) is 2.55. The Morgan fingerprint density at radius 3 is 2.72 bits per heavy atom. The van der Waals surface area contributed by atoms with Crippen LogP contribution in [-0.2, 0) is 11.2 Å². The maximum atomic E-state index is 11.6. The molecule has 0 radical (unpaired) electrons. The van der Waals surface area contributed by atoms with E-state index >= 15 is 0 Å². The molecule has 4 heteroatoms. The first-order valence-electron chi connectivity index (χ1n) is 5.94. The zero-order valence-corrected chi connectivity index (χ0v) is 11.3. The summed E-state index contributed by atoms with van der Waals surface area (Å²) in [7, 11) is 0. The van der Waals surface area contributed by atoms with Crippen LogP contribution in [0.3, 0.4) is 0 Å². The first kappa shape index (κ1) is 12.8. The number of nitrogens with one attached hydrogen (secondary N) is 1. The summed E-state index contributed by atoms with van der Waals surface area (Å²) in [6.07, 6.45) is 2.19. The molecule has 1 N–H and O–H groups in total. The molecule has 0 atom stereocenters. The summed E-state index contributed by atoms with van der Waals surface area (Å²) >= 11 is 1.57. The minimum atomic E-state index is 0.0493. The molecule has 1 aromatic carbocycles. The topological polar surface area (TPSA) is 42.0 Å². The van der Waals surface area contributed by atoms with Crippen molar-refractivity contribution in [1.29, 1.82) is 0 Å². The van der Waals surface area contributed by atoms with Crippen LogP contribution in [0, 0.1) is 0 Å². The number of thiazole rings is 1. The Hall–Kier alpha value is -1.68. The van der Waals surface area contributed by atoms with E-state index < -0.39 is 0 Å². The van der Waals surface area contributed by atoms with E-state index in [0.717, 1.165) is 15.4 Å². The van der Waals surface area contributed by atoms with Gasteiger partial charge in [0.05, 0.1) is 6.42 Å². The number of carbonyl (C=O) groups excluding carboxylic acids is 1. The number of benzene rings is 1. The molecule has 0 saturated carbocycles. The predicted octanol–water partition coefficient (Wildman–Crippen LogP) is 2.88. The minimum absolute atomic E-state index is 0.0493. The van der Waals surface area contributed by atoms with Crippen molar-refractivity contribution in [2.45, 2.75) is 26.3 Å². The van der Waals surface area contributed by atoms with Gasteiger partial charge >= 0.3 is 0 Å². The summed E-state index contributed by atoms with van der Waals surface area (Å²) in [6.45, 7) is 3.92. The second-order valence-corrected chi connectivity index (χ2v) is 5.51. The van der Waals surface area contributed by atoms with E-state index in [1.807, 2.05) is 44.2 Å². The fourth-order valence-electron chi connectivity index (χ4n) is 1.63. The Kier molecular flexibility index (Phi) is 4.10. The third-order valence-electron chi connectivity index (χ3n) is 2.36. The summed E-state index contributed by atoms with van der Waals surface area (Å²) in [5, 5.41) is 3.84. The highest BCUT2D eigenvalue weighted by Crippen LogP contribution is 2.24. The highest BCUT2D eigenvalue weighted by Gasteiger charge is 2.09. The Morgan fingerprint density at radius 1 is 1.33 bits per heavy atom. The van der Waals surface area contributed by atoms with Gasteiger partial charge in [-0.25, -0.2) is 4.98 Å². The van der Waals surface area contributed by atoms with Crippen molar-refractivity contribution < 1.29 is 4.79 Å². The number of amides is 1. The standard InChI is InChI=1S/C14H16N2OS/c1-10(2)16-13(17)8-12-9-15-14(18-12)11-6-4-3-5-7-11/h3-7,9-10H,8H2,1-2H3,(H,16,17). The SMILES string of the molecule is CC(C)NC(=O)Cc1cnc(-c2ccccc2)s1. The normalized spacial score (nSPS) is 10.6. The Morgan fingerprint density at radius 2 is 2.06 bits per heavy atom. The average Bonchev–Trinajstić information content (AvgIpc) is 2.77. The number of aromatic nitrogens is 1. The van der Waals surface area contributed by atoms with E-state index in [-0.39, 0.29) is 11.9 Å². The molecule has 0 aliphatic heterocycles. The van der Waals surface area contributed by atoms with Gasteiger partial charge in [0.1, 0.15) is 5.01 Å². The fraction of sp³-hybridized carbons (Fsp3) is 0.286. The zero-order valence-electron chi connectivity index (χ0n) is 10.5. The molecular weight excluding hydrogens is 244 g/mol. The molecule has 0 fully saturated rings. The van der Waals surface area contributed by atoms with Crippen molar-refractivity contribution in [2.75, 3.05) is 0 Å². The lowest BCUT2D eigenvalue weighted by Crippen LogP contribution is -2.31. The molecule has 0 bridgehead atoms. The van der Waals surface area contributed by atoms with Crippen molar-refractivity contribution >= 4 is 17.2 Å². The number of carbonyl (C=O) groups is 1. The minimum Gasteiger partial charge on any atom is -0.354 e. The van der Waals surface area contributed by atoms with Gasteiger partial charge in [0.2, 0.25) is 5.91 Å². The molecule has 94 valence electrons. The molecule has 1 heterocycles. The lowest BCUT2D eigenvalue weighted by atomic mass is 10.2. The quantitative estimate of drug-likeness (QED) is 0.918. The van der Waals surface area contributed by atoms with E-state index in [1.165, 1.54) is 0 Å². The predicted molar refractivity (Wildman–Crippen MR) is 74.5 cm³/mol. The van der Waals surface area contributed by atoms with Gasteiger partial charge in [-0.05, 0) is 13.8 Å². The molecule has 0 aliphatic carbocycles. The molecule has 1 aromatic heterocycles. The maximum Gasteiger partial charge on any atom is 0.225 e. The van der Waals surface area contributed by atoms with Crippen LogP contribution in [0.4, 0.5) is 0 Å². The monoisotopic (exact) mass is 260 g/mol. The van der Waals surface area contributed by atoms with Gasteiger partial charge in [0.25, 0.3) is 0 Å². The molecule has 18 heavy (non-hydrogen) atoms. The zero-order chi connectivity index (χ0) is 13.0. The number of hydrogen-bond donors (Lipinski definition) is 1. The van der Waals surface area contributed by atoms with E-state index in [0.29, 0.717) is 6.42 Å². The first-order valence-corrected chi connectivity index (χ1v) is 6.76. The number of hydrogen-bond acceptors (Lipinski definition) is 3. The van der Waals surface area contributed by atoms with Gasteiger partial charge in [-0.1, -0.05) is 30.3 Å². The third kappa shape index (κ3) is 3.40. The average molecular weight is 260 g/mol. The Balaban J connectivity index is 2.05. The van der Waals surface area contributed by atoms with Crippen LogP contribution < -0.4 is 5.32 Å². The lowest BCUT2D eigenvalue weighted by molar-refractivity contribution is -0.120. The maximum absolute atomic E-state index is 11.6. The summed E-state index contributed by atoms with van der Waals surface area (Å²) in [6, 6.07) is 10.2. The van der Waals surface area contributed by atoms with Gasteiger partial charge in [-0.2, -0.15) is 0 Å². The molecule has 0 unspecified atom stereocenters. The van der Waals surface area contributed by atoms with Crippen LogP contribution in [0.2, 0.25) is 0 Å². The second kappa shape index (κ2) is 5.78. The van der Waals surface area contributed by atoms with Crippen LogP contribution in [0.25, 0.3) is 10.6 Å². The van der Waals surface area contributed by atoms with Crippen molar-refractivity contribution in [3.63, 3.8) is 0 Å². The van der Waals surface area contributed by atoms with Crippen molar-refractivity contribution in [2.24, 2.45) is 0 Å². The smallest absolute Gasteiger partial charge is 0.225 e. The number of nitrogens with zero attached hydrogens (tertiary/aromatic N) is 1. The van der Waals surface area contributed by atoms with Crippen LogP contribution in [-0.4, -0.2) is 16.9 Å². The molecule has 3 nitrogen and oxygen atoms in total. The summed E-state index contributed by atoms with van der Waals surface area (Å²) in [5.41, 5.74) is 1.10. The van der Waals surface area contributed by atoms with Gasteiger partial charge in [0, 0.05) is 22.7 Å². The third-order valence-corrected chi connectivity index (χ3v) is 3.41. The summed E-state index contributed by atoms with van der Waals surface area (Å²) < 4.78 is 0. The molecular formula is C14H16N2OS. The summed E-state index contributed by atoms with van der Waals surface area (Å²) in [4.78, 5) is 17.0. The molecule has 2 rings (SSSR count). The second-order valence-electron chi connectivity index (χ2n) is 4.40. The van der Waals surface area contributed by atoms with Gasteiger partial charge in [-0.3, -0.25) is 4.79 Å². The van der Waals surface area contributed by atoms with Crippen molar-refractivity contribution in [3.8, 4) is 10.6 Å². The van der Waals surface area contributed by atoms with Crippen LogP contribution >= 0.6 is 11.3 Å². The molecule has 0 aliphatic rings. The van der Waals surface area contributed by atoms with Crippen molar-refractivity contribution in [1.82, 2.24) is 10.3 Å². The summed E-state index contributed by atoms with van der Waals surface area (Å²) in [5.74, 6) is 0.0493. The van der Waals surface area contributed by atoms with Gasteiger partial charge in [-0.15, -0.1) is 11.3 Å². The molecule has 2 aromatic rings. The van der Waals surface area contributed by atoms with E-state index in [1.54, 1.807) is 17.5 Å². The van der Waals surface area contributed by atoms with Crippen LogP contribution in [0.1, 0.15) is 18.7 Å². The van der Waals surface area contributed by atoms with Crippen LogP contribution in [0.15, 0.2) is 36.5 Å². The van der Waals surface area contributed by atoms with E-state index in [9.17, 15) is 4.79 Å². The molecule has 0 saturated heterocycles. The van der Waals surface area contributed by atoms with Crippen molar-refractivity contribution in [3.05, 3.63) is 41.4 Å².